The van der Waals surface area contributed by atoms with Crippen molar-refractivity contribution in [3.8, 4) is 34.2 Å². The molecule has 7 aromatic rings. The molecule has 0 N–H and O–H groups in total. The summed E-state index contributed by atoms with van der Waals surface area (Å²) in [6.45, 7) is 6.57. The zero-order valence-electron chi connectivity index (χ0n) is 29.9. The number of hydrogen-bond donors (Lipinski definition) is 0. The monoisotopic (exact) mass is 663 g/mol. The Balaban J connectivity index is 1.17. The molecular weight excluding hydrogens is 619 g/mol. The largest absolute Gasteiger partial charge is 0.208 e. The number of aryl methyl sites for hydroxylation is 3. The van der Waals surface area contributed by atoms with Crippen molar-refractivity contribution in [2.45, 2.75) is 59.3 Å². The highest BCUT2D eigenvalue weighted by Crippen LogP contribution is 2.27. The van der Waals surface area contributed by atoms with E-state index in [1.165, 1.54) is 50.1 Å². The van der Waals surface area contributed by atoms with Gasteiger partial charge in [-0.25, -0.2) is 15.0 Å². The summed E-state index contributed by atoms with van der Waals surface area (Å²) < 4.78 is 0. The van der Waals surface area contributed by atoms with Crippen molar-refractivity contribution >= 4 is 0 Å². The van der Waals surface area contributed by atoms with Gasteiger partial charge in [-0.3, -0.25) is 0 Å². The van der Waals surface area contributed by atoms with Gasteiger partial charge in [0.1, 0.15) is 0 Å². The van der Waals surface area contributed by atoms with E-state index in [1.807, 2.05) is 0 Å². The summed E-state index contributed by atoms with van der Waals surface area (Å²) in [7, 11) is 0. The normalized spacial score (nSPS) is 11.1. The van der Waals surface area contributed by atoms with Crippen molar-refractivity contribution in [1.82, 2.24) is 15.0 Å². The van der Waals surface area contributed by atoms with E-state index in [2.05, 4.69) is 166 Å². The maximum absolute atomic E-state index is 5.03. The molecule has 0 spiro atoms. The predicted octanol–water partition coefficient (Wildman–Crippen LogP) is 11.3. The summed E-state index contributed by atoms with van der Waals surface area (Å²) in [6.07, 6.45) is 5.84. The number of rotatable bonds is 12. The van der Waals surface area contributed by atoms with Crippen LogP contribution in [0, 0.1) is 0 Å². The van der Waals surface area contributed by atoms with E-state index in [0.29, 0.717) is 17.5 Å². The van der Waals surface area contributed by atoms with Crippen molar-refractivity contribution in [3.63, 3.8) is 0 Å². The van der Waals surface area contributed by atoms with Gasteiger partial charge in [-0.15, -0.1) is 0 Å². The van der Waals surface area contributed by atoms with E-state index in [0.717, 1.165) is 55.2 Å². The fourth-order valence-electron chi connectivity index (χ4n) is 6.46. The first-order chi connectivity index (χ1) is 25.0. The standard InChI is InChI=1S/C48H45N3/c1-4-34-7-13-37(14-8-34)31-40-19-25-43(26-20-40)46-49-47(44-27-21-41(22-28-44)32-38-15-9-35(5-2)10-16-38)51-48(50-46)45-29-23-42(24-30-45)33-39-17-11-36(6-3)12-18-39/h7-30H,4-6,31-33H2,1-3H3. The highest BCUT2D eigenvalue weighted by molar-refractivity contribution is 5.67. The van der Waals surface area contributed by atoms with E-state index in [1.54, 1.807) is 0 Å². The van der Waals surface area contributed by atoms with E-state index < -0.39 is 0 Å². The van der Waals surface area contributed by atoms with Crippen LogP contribution in [-0.4, -0.2) is 15.0 Å². The third kappa shape index (κ3) is 8.56. The Bertz CT molecular complexity index is 1900. The molecule has 7 rings (SSSR count). The lowest BCUT2D eigenvalue weighted by atomic mass is 10.0. The second-order valence-electron chi connectivity index (χ2n) is 13.4. The van der Waals surface area contributed by atoms with Crippen LogP contribution in [0.15, 0.2) is 146 Å². The van der Waals surface area contributed by atoms with Gasteiger partial charge in [0.2, 0.25) is 0 Å². The number of benzene rings is 6. The molecular formula is C48H45N3. The van der Waals surface area contributed by atoms with Gasteiger partial charge in [0.15, 0.2) is 17.5 Å². The molecule has 0 bridgehead atoms. The van der Waals surface area contributed by atoms with Gasteiger partial charge in [0.05, 0.1) is 0 Å². The van der Waals surface area contributed by atoms with Crippen molar-refractivity contribution in [2.24, 2.45) is 0 Å². The van der Waals surface area contributed by atoms with Crippen LogP contribution in [0.5, 0.6) is 0 Å². The summed E-state index contributed by atoms with van der Waals surface area (Å²) in [6, 6.07) is 52.7. The first-order valence-electron chi connectivity index (χ1n) is 18.3. The average molecular weight is 664 g/mol. The van der Waals surface area contributed by atoms with Crippen molar-refractivity contribution < 1.29 is 0 Å². The zero-order valence-corrected chi connectivity index (χ0v) is 29.9. The van der Waals surface area contributed by atoms with Gasteiger partial charge < -0.3 is 0 Å². The molecule has 0 aliphatic carbocycles. The fourth-order valence-corrected chi connectivity index (χ4v) is 6.46. The van der Waals surface area contributed by atoms with Crippen LogP contribution in [0.1, 0.15) is 70.8 Å². The minimum atomic E-state index is 0.675. The van der Waals surface area contributed by atoms with Crippen molar-refractivity contribution in [2.75, 3.05) is 0 Å². The molecule has 0 unspecified atom stereocenters. The van der Waals surface area contributed by atoms with Crippen molar-refractivity contribution in [3.05, 3.63) is 196 Å². The van der Waals surface area contributed by atoms with Gasteiger partial charge in [0, 0.05) is 16.7 Å². The third-order valence-electron chi connectivity index (χ3n) is 9.79. The van der Waals surface area contributed by atoms with E-state index >= 15 is 0 Å². The second kappa shape index (κ2) is 15.9. The smallest absolute Gasteiger partial charge is 0.164 e. The SMILES string of the molecule is CCc1ccc(Cc2ccc(-c3nc(-c4ccc(Cc5ccc(CC)cc5)cc4)nc(-c4ccc(Cc5ccc(CC)cc5)cc4)n3)cc2)cc1. The Kier molecular flexibility index (Phi) is 10.5. The summed E-state index contributed by atoms with van der Waals surface area (Å²) in [5.41, 5.74) is 14.7. The van der Waals surface area contributed by atoms with Crippen LogP contribution in [0.3, 0.4) is 0 Å². The Morgan fingerprint density at radius 2 is 0.431 bits per heavy atom. The molecule has 3 heteroatoms. The molecule has 0 atom stereocenters. The van der Waals surface area contributed by atoms with Crippen LogP contribution in [0.4, 0.5) is 0 Å². The van der Waals surface area contributed by atoms with Crippen LogP contribution in [-0.2, 0) is 38.5 Å². The summed E-state index contributed by atoms with van der Waals surface area (Å²) in [4.78, 5) is 15.1. The Hall–Kier alpha value is -5.67. The van der Waals surface area contributed by atoms with Crippen LogP contribution in [0.25, 0.3) is 34.2 Å². The number of hydrogen-bond acceptors (Lipinski definition) is 3. The Morgan fingerprint density at radius 3 is 0.627 bits per heavy atom. The maximum Gasteiger partial charge on any atom is 0.164 e. The van der Waals surface area contributed by atoms with Gasteiger partial charge in [-0.1, -0.05) is 166 Å². The minimum absolute atomic E-state index is 0.675. The zero-order chi connectivity index (χ0) is 35.0. The van der Waals surface area contributed by atoms with Crippen molar-refractivity contribution in [1.29, 1.82) is 0 Å². The molecule has 0 amide bonds. The molecule has 6 aromatic carbocycles. The first-order valence-corrected chi connectivity index (χ1v) is 18.3. The van der Waals surface area contributed by atoms with Crippen LogP contribution >= 0.6 is 0 Å². The van der Waals surface area contributed by atoms with Gasteiger partial charge in [0.25, 0.3) is 0 Å². The molecule has 252 valence electrons. The second-order valence-corrected chi connectivity index (χ2v) is 13.4. The first kappa shape index (κ1) is 33.8. The molecule has 0 fully saturated rings. The predicted molar refractivity (Wildman–Crippen MR) is 212 cm³/mol. The van der Waals surface area contributed by atoms with E-state index in [-0.39, 0.29) is 0 Å². The van der Waals surface area contributed by atoms with Gasteiger partial charge in [-0.2, -0.15) is 0 Å². The quantitative estimate of drug-likeness (QED) is 0.131. The molecule has 1 aromatic heterocycles. The van der Waals surface area contributed by atoms with Crippen LogP contribution in [0.2, 0.25) is 0 Å². The molecule has 0 radical (unpaired) electrons. The van der Waals surface area contributed by atoms with E-state index in [9.17, 15) is 0 Å². The fraction of sp³-hybridized carbons (Fsp3) is 0.188. The van der Waals surface area contributed by atoms with Gasteiger partial charge in [-0.05, 0) is 88.6 Å². The molecule has 3 nitrogen and oxygen atoms in total. The van der Waals surface area contributed by atoms with Crippen LogP contribution < -0.4 is 0 Å². The Labute approximate surface area is 303 Å². The highest BCUT2D eigenvalue weighted by Gasteiger charge is 2.13. The lowest BCUT2D eigenvalue weighted by Crippen LogP contribution is -2.01. The van der Waals surface area contributed by atoms with Gasteiger partial charge >= 0.3 is 0 Å². The average Bonchev–Trinajstić information content (AvgIpc) is 3.19. The topological polar surface area (TPSA) is 38.7 Å². The lowest BCUT2D eigenvalue weighted by molar-refractivity contribution is 1.07. The molecule has 0 saturated heterocycles. The maximum atomic E-state index is 5.03. The molecule has 0 aliphatic rings. The third-order valence-corrected chi connectivity index (χ3v) is 9.79. The molecule has 51 heavy (non-hydrogen) atoms. The molecule has 1 heterocycles. The number of nitrogens with zero attached hydrogens (tertiary/aromatic N) is 3. The Morgan fingerprint density at radius 1 is 0.255 bits per heavy atom. The minimum Gasteiger partial charge on any atom is -0.208 e. The summed E-state index contributed by atoms with van der Waals surface area (Å²) >= 11 is 0. The van der Waals surface area contributed by atoms with E-state index in [4.69, 9.17) is 15.0 Å². The lowest BCUT2D eigenvalue weighted by Gasteiger charge is -2.10. The highest BCUT2D eigenvalue weighted by atomic mass is 15.0. The number of aromatic nitrogens is 3. The molecule has 0 aliphatic heterocycles. The summed E-state index contributed by atoms with van der Waals surface area (Å²) in [5.74, 6) is 2.03. The summed E-state index contributed by atoms with van der Waals surface area (Å²) in [5, 5.41) is 0. The molecule has 0 saturated carbocycles.